The van der Waals surface area contributed by atoms with Gasteiger partial charge in [-0.15, -0.1) is 11.8 Å². The summed E-state index contributed by atoms with van der Waals surface area (Å²) in [5.74, 6) is 0.860. The van der Waals surface area contributed by atoms with E-state index < -0.39 is 0 Å². The molecule has 6 nitrogen and oxygen atoms in total. The van der Waals surface area contributed by atoms with Crippen molar-refractivity contribution in [2.24, 2.45) is 5.10 Å². The van der Waals surface area contributed by atoms with Crippen molar-refractivity contribution in [2.75, 3.05) is 6.61 Å². The van der Waals surface area contributed by atoms with Gasteiger partial charge in [-0.1, -0.05) is 54.1 Å². The van der Waals surface area contributed by atoms with E-state index >= 15 is 0 Å². The van der Waals surface area contributed by atoms with Gasteiger partial charge in [-0.2, -0.15) is 5.10 Å². The van der Waals surface area contributed by atoms with Gasteiger partial charge in [-0.25, -0.2) is 5.43 Å². The summed E-state index contributed by atoms with van der Waals surface area (Å²) in [5.41, 5.74) is 5.99. The normalized spacial score (nSPS) is 11.6. The number of thioether (sulfide) groups is 1. The zero-order valence-corrected chi connectivity index (χ0v) is 22.9. The van der Waals surface area contributed by atoms with Gasteiger partial charge in [0.1, 0.15) is 5.75 Å². The summed E-state index contributed by atoms with van der Waals surface area (Å²) >= 11 is 7.63. The highest BCUT2D eigenvalue weighted by molar-refractivity contribution is 7.98. The Balaban J connectivity index is 1.19. The minimum Gasteiger partial charge on any atom is -0.484 e. The molecule has 4 aromatic rings. The zero-order valence-electron chi connectivity index (χ0n) is 21.3. The zero-order chi connectivity index (χ0) is 27.5. The van der Waals surface area contributed by atoms with Crippen molar-refractivity contribution in [1.29, 1.82) is 0 Å². The number of nitrogens with zero attached hydrogens (tertiary/aromatic N) is 1. The number of carbonyl (C=O) groups excluding carboxylic acids is 2. The average molecular weight is 558 g/mol. The summed E-state index contributed by atoms with van der Waals surface area (Å²) in [5, 5.41) is 7.68. The van der Waals surface area contributed by atoms with Crippen molar-refractivity contribution < 1.29 is 14.3 Å². The predicted octanol–water partition coefficient (Wildman–Crippen LogP) is 6.65. The van der Waals surface area contributed by atoms with Crippen molar-refractivity contribution in [3.8, 4) is 5.75 Å². The number of hydrazone groups is 1. The number of halogens is 1. The standard InChI is InChI=1S/C31H28ClN3O3S/c1-22(25-5-3-2-4-6-25)34-30(36)20-38-28-15-9-23(10-16-28)19-33-35-31(37)26-11-7-24(8-12-26)21-39-29-17-13-27(32)14-18-29/h2-19,22H,20-21H2,1H3,(H,34,36)(H,35,37)/b33-19-/t22-/m0/s1. The number of amides is 2. The van der Waals surface area contributed by atoms with E-state index in [1.807, 2.05) is 73.7 Å². The topological polar surface area (TPSA) is 79.8 Å². The van der Waals surface area contributed by atoms with Crippen LogP contribution in [0.3, 0.4) is 0 Å². The lowest BCUT2D eigenvalue weighted by atomic mass is 10.1. The van der Waals surface area contributed by atoms with Crippen molar-refractivity contribution >= 4 is 41.4 Å². The molecule has 0 aliphatic heterocycles. The number of nitrogens with one attached hydrogen (secondary N) is 2. The first-order chi connectivity index (χ1) is 19.0. The van der Waals surface area contributed by atoms with Crippen LogP contribution in [-0.4, -0.2) is 24.6 Å². The number of rotatable bonds is 11. The van der Waals surface area contributed by atoms with Gasteiger partial charge in [-0.05, 0) is 84.3 Å². The summed E-state index contributed by atoms with van der Waals surface area (Å²) in [6.07, 6.45) is 1.55. The lowest BCUT2D eigenvalue weighted by Gasteiger charge is -2.14. The van der Waals surface area contributed by atoms with Crippen molar-refractivity contribution in [3.05, 3.63) is 130 Å². The summed E-state index contributed by atoms with van der Waals surface area (Å²) in [6.45, 7) is 1.85. The Bertz CT molecular complexity index is 1390. The van der Waals surface area contributed by atoms with Gasteiger partial charge >= 0.3 is 0 Å². The van der Waals surface area contributed by atoms with Crippen LogP contribution in [-0.2, 0) is 10.5 Å². The fourth-order valence-corrected chi connectivity index (χ4v) is 4.57. The average Bonchev–Trinajstić information content (AvgIpc) is 2.97. The third-order valence-electron chi connectivity index (χ3n) is 5.74. The molecule has 4 aromatic carbocycles. The highest BCUT2D eigenvalue weighted by Gasteiger charge is 2.10. The summed E-state index contributed by atoms with van der Waals surface area (Å²) in [7, 11) is 0. The molecule has 0 fully saturated rings. The third-order valence-corrected chi connectivity index (χ3v) is 7.08. The van der Waals surface area contributed by atoms with Crippen LogP contribution in [0.5, 0.6) is 5.75 Å². The summed E-state index contributed by atoms with van der Waals surface area (Å²) in [6, 6.07) is 31.9. The minimum atomic E-state index is -0.293. The molecule has 0 aliphatic carbocycles. The van der Waals surface area contributed by atoms with Crippen LogP contribution in [0.1, 0.15) is 40.0 Å². The first-order valence-corrected chi connectivity index (χ1v) is 13.7. The molecule has 0 spiro atoms. The molecule has 2 N–H and O–H groups in total. The number of hydrogen-bond acceptors (Lipinski definition) is 5. The van der Waals surface area contributed by atoms with Crippen LogP contribution in [0.15, 0.2) is 113 Å². The molecule has 1 atom stereocenters. The van der Waals surface area contributed by atoms with E-state index in [0.29, 0.717) is 16.3 Å². The molecule has 0 aromatic heterocycles. The number of ether oxygens (including phenoxy) is 1. The van der Waals surface area contributed by atoms with Crippen molar-refractivity contribution in [3.63, 3.8) is 0 Å². The predicted molar refractivity (Wildman–Crippen MR) is 157 cm³/mol. The van der Waals surface area contributed by atoms with Gasteiger partial charge in [0.2, 0.25) is 0 Å². The maximum atomic E-state index is 12.4. The number of benzene rings is 4. The molecule has 4 rings (SSSR count). The smallest absolute Gasteiger partial charge is 0.271 e. The maximum absolute atomic E-state index is 12.4. The molecule has 0 bridgehead atoms. The fourth-order valence-electron chi connectivity index (χ4n) is 3.59. The quantitative estimate of drug-likeness (QED) is 0.123. The number of hydrogen-bond donors (Lipinski definition) is 2. The minimum absolute atomic E-state index is 0.0841. The molecule has 2 amide bonds. The Morgan fingerprint density at radius 2 is 1.62 bits per heavy atom. The van der Waals surface area contributed by atoms with Gasteiger partial charge in [0.25, 0.3) is 11.8 Å². The molecule has 39 heavy (non-hydrogen) atoms. The number of carbonyl (C=O) groups is 2. The molecular formula is C31H28ClN3O3S. The monoisotopic (exact) mass is 557 g/mol. The Labute approximate surface area is 237 Å². The second-order valence-electron chi connectivity index (χ2n) is 8.70. The lowest BCUT2D eigenvalue weighted by molar-refractivity contribution is -0.123. The van der Waals surface area contributed by atoms with E-state index in [4.69, 9.17) is 16.3 Å². The highest BCUT2D eigenvalue weighted by Crippen LogP contribution is 2.24. The van der Waals surface area contributed by atoms with E-state index in [1.165, 1.54) is 0 Å². The van der Waals surface area contributed by atoms with Crippen LogP contribution < -0.4 is 15.5 Å². The van der Waals surface area contributed by atoms with E-state index in [-0.39, 0.29) is 24.5 Å². The highest BCUT2D eigenvalue weighted by atomic mass is 35.5. The van der Waals surface area contributed by atoms with E-state index in [2.05, 4.69) is 15.8 Å². The maximum Gasteiger partial charge on any atom is 0.271 e. The van der Waals surface area contributed by atoms with E-state index in [9.17, 15) is 9.59 Å². The molecule has 0 radical (unpaired) electrons. The van der Waals surface area contributed by atoms with Crippen molar-refractivity contribution in [2.45, 2.75) is 23.6 Å². The summed E-state index contributed by atoms with van der Waals surface area (Å²) in [4.78, 5) is 25.8. The SMILES string of the molecule is C[C@H](NC(=O)COc1ccc(/C=N\NC(=O)c2ccc(CSc3ccc(Cl)cc3)cc2)cc1)c1ccccc1. The first-order valence-electron chi connectivity index (χ1n) is 12.3. The molecule has 0 aliphatic rings. The fraction of sp³-hybridized carbons (Fsp3) is 0.129. The van der Waals surface area contributed by atoms with Crippen LogP contribution in [0.4, 0.5) is 0 Å². The van der Waals surface area contributed by atoms with Crippen molar-refractivity contribution in [1.82, 2.24) is 10.7 Å². The van der Waals surface area contributed by atoms with E-state index in [0.717, 1.165) is 27.3 Å². The Morgan fingerprint density at radius 3 is 2.31 bits per heavy atom. The Morgan fingerprint density at radius 1 is 0.923 bits per heavy atom. The summed E-state index contributed by atoms with van der Waals surface area (Å²) < 4.78 is 5.58. The second kappa shape index (κ2) is 14.2. The molecular weight excluding hydrogens is 530 g/mol. The third kappa shape index (κ3) is 9.02. The second-order valence-corrected chi connectivity index (χ2v) is 10.2. The Kier molecular flexibility index (Phi) is 10.2. The molecule has 0 heterocycles. The molecule has 8 heteroatoms. The van der Waals surface area contributed by atoms with Crippen LogP contribution >= 0.6 is 23.4 Å². The molecule has 0 unspecified atom stereocenters. The van der Waals surface area contributed by atoms with Gasteiger partial charge in [0, 0.05) is 21.2 Å². The first kappa shape index (κ1) is 28.0. The molecule has 0 saturated heterocycles. The van der Waals surface area contributed by atoms with Gasteiger partial charge in [-0.3, -0.25) is 9.59 Å². The van der Waals surface area contributed by atoms with Crippen LogP contribution in [0.25, 0.3) is 0 Å². The van der Waals surface area contributed by atoms with Crippen LogP contribution in [0, 0.1) is 0 Å². The van der Waals surface area contributed by atoms with E-state index in [1.54, 1.807) is 54.4 Å². The van der Waals surface area contributed by atoms with Crippen LogP contribution in [0.2, 0.25) is 5.02 Å². The van der Waals surface area contributed by atoms with Gasteiger partial charge in [0.15, 0.2) is 6.61 Å². The Hall–Kier alpha value is -4.07. The largest absolute Gasteiger partial charge is 0.484 e. The molecule has 0 saturated carbocycles. The lowest BCUT2D eigenvalue weighted by Crippen LogP contribution is -2.31. The molecule has 198 valence electrons. The van der Waals surface area contributed by atoms with Gasteiger partial charge in [0.05, 0.1) is 12.3 Å². The van der Waals surface area contributed by atoms with Gasteiger partial charge < -0.3 is 10.1 Å².